The normalized spacial score (nSPS) is 15.2. The van der Waals surface area contributed by atoms with Gasteiger partial charge in [0.2, 0.25) is 0 Å². The van der Waals surface area contributed by atoms with Crippen LogP contribution in [0.15, 0.2) is 121 Å². The first-order chi connectivity index (χ1) is 21.8. The lowest BCUT2D eigenvalue weighted by molar-refractivity contribution is 0.314. The minimum absolute atomic E-state index is 0.487. The third-order valence-electron chi connectivity index (χ3n) is 10.2. The summed E-state index contributed by atoms with van der Waals surface area (Å²) >= 11 is 0. The number of rotatable bonds is 11. The van der Waals surface area contributed by atoms with E-state index in [1.165, 1.54) is 68.1 Å². The van der Waals surface area contributed by atoms with Gasteiger partial charge < -0.3 is 0 Å². The SMILES string of the molecule is CC(C)C(CCc1ccccc1)c1ccccc1.CC(C)C1(c2ccccc2)CCCC1.CCCC(c1ccccc1)C(C)C. The Kier molecular flexibility index (Phi) is 15.7. The van der Waals surface area contributed by atoms with Gasteiger partial charge in [-0.2, -0.15) is 0 Å². The zero-order valence-corrected chi connectivity index (χ0v) is 29.6. The Balaban J connectivity index is 0.000000187. The fraction of sp³-hybridized carbons (Fsp3) is 0.467. The quantitative estimate of drug-likeness (QED) is 0.160. The van der Waals surface area contributed by atoms with Crippen molar-refractivity contribution in [2.45, 2.75) is 117 Å². The van der Waals surface area contributed by atoms with Crippen LogP contribution in [0.5, 0.6) is 0 Å². The second-order valence-corrected chi connectivity index (χ2v) is 14.2. The van der Waals surface area contributed by atoms with Crippen molar-refractivity contribution < 1.29 is 0 Å². The van der Waals surface area contributed by atoms with Crippen molar-refractivity contribution in [1.29, 1.82) is 0 Å². The van der Waals surface area contributed by atoms with E-state index < -0.39 is 0 Å². The topological polar surface area (TPSA) is 0 Å². The lowest BCUT2D eigenvalue weighted by atomic mass is 9.70. The smallest absolute Gasteiger partial charge is 0.00240 e. The maximum Gasteiger partial charge on any atom is -0.00240 e. The van der Waals surface area contributed by atoms with Gasteiger partial charge in [0.1, 0.15) is 0 Å². The molecule has 45 heavy (non-hydrogen) atoms. The van der Waals surface area contributed by atoms with Crippen LogP contribution in [0, 0.1) is 17.8 Å². The molecule has 0 aliphatic heterocycles. The Hall–Kier alpha value is -3.12. The predicted molar refractivity (Wildman–Crippen MR) is 199 cm³/mol. The van der Waals surface area contributed by atoms with E-state index in [2.05, 4.69) is 170 Å². The summed E-state index contributed by atoms with van der Waals surface area (Å²) < 4.78 is 0. The van der Waals surface area contributed by atoms with Crippen LogP contribution in [0.1, 0.15) is 128 Å². The van der Waals surface area contributed by atoms with Gasteiger partial charge in [0.05, 0.1) is 0 Å². The molecule has 1 aliphatic rings. The Morgan fingerprint density at radius 2 is 0.911 bits per heavy atom. The highest BCUT2D eigenvalue weighted by atomic mass is 14.4. The van der Waals surface area contributed by atoms with Gasteiger partial charge in [0, 0.05) is 0 Å². The molecule has 5 rings (SSSR count). The van der Waals surface area contributed by atoms with Crippen molar-refractivity contribution in [2.75, 3.05) is 0 Å². The Bertz CT molecular complexity index is 1270. The molecule has 4 aromatic carbocycles. The summed E-state index contributed by atoms with van der Waals surface area (Å²) in [7, 11) is 0. The lowest BCUT2D eigenvalue weighted by Crippen LogP contribution is -2.28. The van der Waals surface area contributed by atoms with E-state index in [1.54, 1.807) is 5.56 Å². The Morgan fingerprint density at radius 1 is 0.511 bits per heavy atom. The van der Waals surface area contributed by atoms with Crippen LogP contribution in [0.3, 0.4) is 0 Å². The average molecular weight is 603 g/mol. The van der Waals surface area contributed by atoms with Gasteiger partial charge in [0.25, 0.3) is 0 Å². The first-order valence-electron chi connectivity index (χ1n) is 18.0. The summed E-state index contributed by atoms with van der Waals surface area (Å²) in [4.78, 5) is 0. The number of hydrogen-bond donors (Lipinski definition) is 0. The van der Waals surface area contributed by atoms with Gasteiger partial charge in [-0.1, -0.05) is 189 Å². The largest absolute Gasteiger partial charge is 0.0654 e. The molecule has 0 heterocycles. The molecule has 0 nitrogen and oxygen atoms in total. The average Bonchev–Trinajstić information content (AvgIpc) is 3.58. The molecule has 0 bridgehead atoms. The molecule has 0 aromatic heterocycles. The van der Waals surface area contributed by atoms with Crippen molar-refractivity contribution in [1.82, 2.24) is 0 Å². The Labute approximate surface area is 277 Å². The fourth-order valence-electron chi connectivity index (χ4n) is 7.42. The van der Waals surface area contributed by atoms with Crippen molar-refractivity contribution in [3.8, 4) is 0 Å². The van der Waals surface area contributed by atoms with Crippen LogP contribution in [0.4, 0.5) is 0 Å². The maximum atomic E-state index is 2.37. The van der Waals surface area contributed by atoms with E-state index in [1.807, 2.05) is 0 Å². The zero-order valence-electron chi connectivity index (χ0n) is 29.6. The Morgan fingerprint density at radius 3 is 1.31 bits per heavy atom. The summed E-state index contributed by atoms with van der Waals surface area (Å²) in [5, 5.41) is 0. The first-order valence-corrected chi connectivity index (χ1v) is 18.0. The third kappa shape index (κ3) is 11.3. The van der Waals surface area contributed by atoms with Crippen LogP contribution in [-0.4, -0.2) is 0 Å². The molecule has 0 spiro atoms. The predicted octanol–water partition coefficient (Wildman–Crippen LogP) is 13.4. The van der Waals surface area contributed by atoms with Gasteiger partial charge in [0.15, 0.2) is 0 Å². The van der Waals surface area contributed by atoms with Crippen molar-refractivity contribution in [3.05, 3.63) is 144 Å². The third-order valence-corrected chi connectivity index (χ3v) is 10.2. The molecular formula is C45H62. The molecule has 0 heteroatoms. The highest BCUT2D eigenvalue weighted by Crippen LogP contribution is 2.46. The standard InChI is InChI=1S/C18H22.C14H20.C13H20/c1-15(2)18(17-11-7-4-8-12-17)14-13-16-9-5-3-6-10-16;1-12(2)14(10-6-7-11-14)13-8-4-3-5-9-13;1-4-8-13(11(2)3)12-9-6-5-7-10-12/h3-12,15,18H,13-14H2,1-2H3;3-5,8-9,12H,6-7,10-11H2,1-2H3;5-7,9-11,13H,4,8H2,1-3H3. The molecule has 242 valence electrons. The van der Waals surface area contributed by atoms with Gasteiger partial charge in [-0.25, -0.2) is 0 Å². The molecule has 2 unspecified atom stereocenters. The monoisotopic (exact) mass is 602 g/mol. The molecular weight excluding hydrogens is 540 g/mol. The van der Waals surface area contributed by atoms with Crippen LogP contribution in [0.2, 0.25) is 0 Å². The first kappa shape index (κ1) is 36.3. The molecule has 1 saturated carbocycles. The molecule has 0 saturated heterocycles. The van der Waals surface area contributed by atoms with Crippen molar-refractivity contribution >= 4 is 0 Å². The van der Waals surface area contributed by atoms with E-state index in [0.29, 0.717) is 17.3 Å². The molecule has 0 N–H and O–H groups in total. The second-order valence-electron chi connectivity index (χ2n) is 14.2. The minimum atomic E-state index is 0.487. The summed E-state index contributed by atoms with van der Waals surface area (Å²) in [6.07, 6.45) is 10.6. The number of hydrogen-bond acceptors (Lipinski definition) is 0. The minimum Gasteiger partial charge on any atom is -0.0654 e. The van der Waals surface area contributed by atoms with Crippen LogP contribution in [0.25, 0.3) is 0 Å². The maximum absolute atomic E-state index is 2.37. The van der Waals surface area contributed by atoms with Crippen molar-refractivity contribution in [3.63, 3.8) is 0 Å². The van der Waals surface area contributed by atoms with Gasteiger partial charge >= 0.3 is 0 Å². The van der Waals surface area contributed by atoms with Crippen LogP contribution in [-0.2, 0) is 11.8 Å². The van der Waals surface area contributed by atoms with Crippen LogP contribution < -0.4 is 0 Å². The van der Waals surface area contributed by atoms with Gasteiger partial charge in [-0.05, 0) is 89.4 Å². The molecule has 0 amide bonds. The fourth-order valence-corrected chi connectivity index (χ4v) is 7.42. The molecule has 4 aromatic rings. The summed E-state index contributed by atoms with van der Waals surface area (Å²) in [6.45, 7) is 16.3. The molecule has 2 atom stereocenters. The highest BCUT2D eigenvalue weighted by Gasteiger charge is 2.38. The van der Waals surface area contributed by atoms with E-state index in [0.717, 1.165) is 17.8 Å². The van der Waals surface area contributed by atoms with E-state index >= 15 is 0 Å². The number of aryl methyl sites for hydroxylation is 1. The molecule has 0 radical (unpaired) electrons. The summed E-state index contributed by atoms with van der Waals surface area (Å²) in [5.41, 5.74) is 6.47. The zero-order chi connectivity index (χ0) is 32.5. The second kappa shape index (κ2) is 19.4. The van der Waals surface area contributed by atoms with E-state index in [4.69, 9.17) is 0 Å². The summed E-state index contributed by atoms with van der Waals surface area (Å²) in [6, 6.07) is 43.7. The van der Waals surface area contributed by atoms with E-state index in [9.17, 15) is 0 Å². The van der Waals surface area contributed by atoms with Gasteiger partial charge in [-0.15, -0.1) is 0 Å². The molecule has 1 fully saturated rings. The van der Waals surface area contributed by atoms with E-state index in [-0.39, 0.29) is 0 Å². The molecule has 1 aliphatic carbocycles. The lowest BCUT2D eigenvalue weighted by Gasteiger charge is -2.34. The van der Waals surface area contributed by atoms with Crippen LogP contribution >= 0.6 is 0 Å². The number of benzene rings is 4. The van der Waals surface area contributed by atoms with Gasteiger partial charge in [-0.3, -0.25) is 0 Å². The van der Waals surface area contributed by atoms with Crippen molar-refractivity contribution in [2.24, 2.45) is 17.8 Å². The highest BCUT2D eigenvalue weighted by molar-refractivity contribution is 5.27. The summed E-state index contributed by atoms with van der Waals surface area (Å²) in [5.74, 6) is 3.61.